The fraction of sp³-hybridized carbons (Fsp3) is 0.333. The lowest BCUT2D eigenvalue weighted by Gasteiger charge is -2.31. The fourth-order valence-electron chi connectivity index (χ4n) is 3.25. The van der Waals surface area contributed by atoms with Crippen molar-refractivity contribution in [3.8, 4) is 0 Å². The van der Waals surface area contributed by atoms with Crippen LogP contribution >= 0.6 is 23.2 Å². The van der Waals surface area contributed by atoms with E-state index >= 15 is 0 Å². The highest BCUT2D eigenvalue weighted by atomic mass is 35.5. The van der Waals surface area contributed by atoms with Crippen molar-refractivity contribution in [2.24, 2.45) is 0 Å². The molecule has 126 valence electrons. The van der Waals surface area contributed by atoms with E-state index in [9.17, 15) is 0 Å². The van der Waals surface area contributed by atoms with Crippen LogP contribution in [-0.4, -0.2) is 48.8 Å². The minimum Gasteiger partial charge on any atom is -0.379 e. The minimum atomic E-state index is 0.106. The number of ether oxygens (including phenoxy) is 1. The van der Waals surface area contributed by atoms with Crippen molar-refractivity contribution in [3.63, 3.8) is 0 Å². The molecule has 4 nitrogen and oxygen atoms in total. The first-order valence-electron chi connectivity index (χ1n) is 8.10. The lowest BCUT2D eigenvalue weighted by molar-refractivity contribution is 0.0401. The number of allylic oxidation sites excluding steroid dienone is 2. The molecule has 0 spiro atoms. The minimum absolute atomic E-state index is 0.106. The zero-order valence-corrected chi connectivity index (χ0v) is 14.7. The van der Waals surface area contributed by atoms with E-state index < -0.39 is 0 Å². The second-order valence-electron chi connectivity index (χ2n) is 6.09. The molecule has 3 aliphatic rings. The molecule has 1 saturated heterocycles. The summed E-state index contributed by atoms with van der Waals surface area (Å²) in [6, 6.07) is 7.96. The maximum absolute atomic E-state index is 6.24. The Labute approximate surface area is 152 Å². The first kappa shape index (κ1) is 16.0. The van der Waals surface area contributed by atoms with Gasteiger partial charge in [-0.25, -0.2) is 0 Å². The van der Waals surface area contributed by atoms with E-state index in [2.05, 4.69) is 33.3 Å². The highest BCUT2D eigenvalue weighted by molar-refractivity contribution is 6.31. The number of hydrogen-bond donors (Lipinski definition) is 1. The monoisotopic (exact) mass is 363 g/mol. The first-order chi connectivity index (χ1) is 11.7. The van der Waals surface area contributed by atoms with Gasteiger partial charge >= 0.3 is 0 Å². The summed E-state index contributed by atoms with van der Waals surface area (Å²) in [6.07, 6.45) is 6.13. The Morgan fingerprint density at radius 1 is 1.12 bits per heavy atom. The smallest absolute Gasteiger partial charge is 0.123 e. The predicted molar refractivity (Wildman–Crippen MR) is 97.5 cm³/mol. The van der Waals surface area contributed by atoms with Crippen LogP contribution in [0.15, 0.2) is 53.3 Å². The maximum Gasteiger partial charge on any atom is 0.123 e. The van der Waals surface area contributed by atoms with Gasteiger partial charge < -0.3 is 15.0 Å². The van der Waals surface area contributed by atoms with Gasteiger partial charge in [0.25, 0.3) is 0 Å². The molecular weight excluding hydrogens is 345 g/mol. The van der Waals surface area contributed by atoms with E-state index in [1.54, 1.807) is 0 Å². The van der Waals surface area contributed by atoms with Gasteiger partial charge in [0, 0.05) is 30.9 Å². The summed E-state index contributed by atoms with van der Waals surface area (Å²) in [5.74, 6) is 0. The third kappa shape index (κ3) is 3.20. The zero-order valence-electron chi connectivity index (χ0n) is 13.2. The van der Waals surface area contributed by atoms with Crippen molar-refractivity contribution in [1.82, 2.24) is 15.1 Å². The number of fused-ring (bicyclic) bond motifs is 1. The molecular formula is C18H19Cl2N3O. The summed E-state index contributed by atoms with van der Waals surface area (Å²) < 4.78 is 5.47. The van der Waals surface area contributed by atoms with Gasteiger partial charge in [0.2, 0.25) is 0 Å². The molecule has 1 unspecified atom stereocenters. The van der Waals surface area contributed by atoms with Crippen LogP contribution in [0.2, 0.25) is 5.02 Å². The van der Waals surface area contributed by atoms with Gasteiger partial charge in [-0.3, -0.25) is 4.90 Å². The van der Waals surface area contributed by atoms with Gasteiger partial charge in [0.1, 0.15) is 6.17 Å². The fourth-order valence-corrected chi connectivity index (χ4v) is 3.56. The predicted octanol–water partition coefficient (Wildman–Crippen LogP) is 3.22. The third-order valence-electron chi connectivity index (χ3n) is 4.50. The average molecular weight is 364 g/mol. The number of benzene rings is 1. The summed E-state index contributed by atoms with van der Waals surface area (Å²) in [5.41, 5.74) is 3.50. The Kier molecular flexibility index (Phi) is 4.55. The van der Waals surface area contributed by atoms with E-state index in [4.69, 9.17) is 27.9 Å². The molecule has 0 bridgehead atoms. The quantitative estimate of drug-likeness (QED) is 0.892. The molecule has 3 aliphatic heterocycles. The van der Waals surface area contributed by atoms with Crippen molar-refractivity contribution in [1.29, 1.82) is 0 Å². The third-order valence-corrected chi connectivity index (χ3v) is 4.98. The van der Waals surface area contributed by atoms with E-state index in [-0.39, 0.29) is 6.17 Å². The normalized spacial score (nSPS) is 24.0. The molecule has 24 heavy (non-hydrogen) atoms. The van der Waals surface area contributed by atoms with E-state index in [1.165, 1.54) is 5.70 Å². The average Bonchev–Trinajstić information content (AvgIpc) is 2.94. The topological polar surface area (TPSA) is 27.7 Å². The maximum atomic E-state index is 6.24. The van der Waals surface area contributed by atoms with Gasteiger partial charge in [-0.2, -0.15) is 0 Å². The summed E-state index contributed by atoms with van der Waals surface area (Å²) in [5, 5.41) is 5.09. The van der Waals surface area contributed by atoms with Crippen molar-refractivity contribution in [2.75, 3.05) is 32.8 Å². The second-order valence-corrected chi connectivity index (χ2v) is 6.96. The number of hydrogen-bond acceptors (Lipinski definition) is 4. The van der Waals surface area contributed by atoms with Gasteiger partial charge in [-0.05, 0) is 29.8 Å². The molecule has 6 heteroatoms. The van der Waals surface area contributed by atoms with Crippen LogP contribution in [0.4, 0.5) is 0 Å². The SMILES string of the molecule is ClC1=CN2C(CN3CCOCC3)=C(c3ccc(Cl)cc3)NC2C=C1. The van der Waals surface area contributed by atoms with Crippen LogP contribution in [0.1, 0.15) is 5.56 Å². The van der Waals surface area contributed by atoms with Crippen LogP contribution in [-0.2, 0) is 4.74 Å². The van der Waals surface area contributed by atoms with E-state index in [0.29, 0.717) is 0 Å². The standard InChI is InChI=1S/C18H19Cl2N3O/c19-14-3-1-13(2-4-14)18-16(12-22-7-9-24-10-8-22)23-11-15(20)5-6-17(23)21-18/h1-6,11,17,21H,7-10,12H2. The van der Waals surface area contributed by atoms with Crippen molar-refractivity contribution >= 4 is 28.9 Å². The Bertz CT molecular complexity index is 705. The Morgan fingerprint density at radius 3 is 2.62 bits per heavy atom. The lowest BCUT2D eigenvalue weighted by atomic mass is 10.1. The van der Waals surface area contributed by atoms with Crippen LogP contribution in [0.5, 0.6) is 0 Å². The van der Waals surface area contributed by atoms with Gasteiger partial charge in [0.15, 0.2) is 0 Å². The summed E-state index contributed by atoms with van der Waals surface area (Å²) in [7, 11) is 0. The van der Waals surface area contributed by atoms with Gasteiger partial charge in [-0.15, -0.1) is 0 Å². The molecule has 0 radical (unpaired) electrons. The number of morpholine rings is 1. The number of halogens is 2. The van der Waals surface area contributed by atoms with Crippen molar-refractivity contribution in [3.05, 3.63) is 63.9 Å². The lowest BCUT2D eigenvalue weighted by Crippen LogP contribution is -2.40. The molecule has 1 atom stereocenters. The van der Waals surface area contributed by atoms with Crippen LogP contribution in [0.25, 0.3) is 5.70 Å². The molecule has 0 saturated carbocycles. The Morgan fingerprint density at radius 2 is 1.88 bits per heavy atom. The number of nitrogens with zero attached hydrogens (tertiary/aromatic N) is 2. The molecule has 1 fully saturated rings. The summed E-state index contributed by atoms with van der Waals surface area (Å²) in [6.45, 7) is 4.33. The molecule has 0 amide bonds. The van der Waals surface area contributed by atoms with E-state index in [1.807, 2.05) is 24.4 Å². The van der Waals surface area contributed by atoms with Crippen LogP contribution in [0, 0.1) is 0 Å². The number of rotatable bonds is 3. The highest BCUT2D eigenvalue weighted by Crippen LogP contribution is 2.33. The van der Waals surface area contributed by atoms with Crippen LogP contribution < -0.4 is 5.32 Å². The van der Waals surface area contributed by atoms with Gasteiger partial charge in [0.05, 0.1) is 29.6 Å². The van der Waals surface area contributed by atoms with E-state index in [0.717, 1.165) is 54.2 Å². The molecule has 3 heterocycles. The molecule has 4 rings (SSSR count). The molecule has 0 aliphatic carbocycles. The summed E-state index contributed by atoms with van der Waals surface area (Å²) in [4.78, 5) is 4.64. The van der Waals surface area contributed by atoms with Gasteiger partial charge in [-0.1, -0.05) is 35.3 Å². The first-order valence-corrected chi connectivity index (χ1v) is 8.86. The molecule has 0 aromatic heterocycles. The van der Waals surface area contributed by atoms with Crippen LogP contribution in [0.3, 0.4) is 0 Å². The second kappa shape index (κ2) is 6.81. The number of nitrogens with one attached hydrogen (secondary N) is 1. The Hall–Kier alpha value is -1.46. The van der Waals surface area contributed by atoms with Crippen molar-refractivity contribution < 1.29 is 4.74 Å². The molecule has 1 aromatic rings. The zero-order chi connectivity index (χ0) is 16.5. The molecule has 1 aromatic carbocycles. The Balaban J connectivity index is 1.69. The summed E-state index contributed by atoms with van der Waals surface area (Å²) >= 11 is 12.3. The highest BCUT2D eigenvalue weighted by Gasteiger charge is 2.32. The van der Waals surface area contributed by atoms with Crippen molar-refractivity contribution in [2.45, 2.75) is 6.17 Å². The molecule has 1 N–H and O–H groups in total. The largest absolute Gasteiger partial charge is 0.379 e.